The van der Waals surface area contributed by atoms with Crippen molar-refractivity contribution in [2.24, 2.45) is 17.4 Å². The molecule has 6 N–H and O–H groups in total. The Morgan fingerprint density at radius 3 is 1.91 bits per heavy atom. The van der Waals surface area contributed by atoms with Crippen molar-refractivity contribution < 1.29 is 24.0 Å². The van der Waals surface area contributed by atoms with E-state index in [1.54, 1.807) is 30.3 Å². The summed E-state index contributed by atoms with van der Waals surface area (Å²) in [5.74, 6) is -3.71. The molecule has 0 saturated heterocycles. The van der Waals surface area contributed by atoms with Crippen LogP contribution in [0.1, 0.15) is 74.7 Å². The Labute approximate surface area is 254 Å². The molecule has 10 heteroatoms. The second-order valence-corrected chi connectivity index (χ2v) is 10.9. The van der Waals surface area contributed by atoms with E-state index in [-0.39, 0.29) is 18.6 Å². The minimum absolute atomic E-state index is 0.159. The molecule has 0 radical (unpaired) electrons. The summed E-state index contributed by atoms with van der Waals surface area (Å²) in [6.45, 7) is 7.13. The fourth-order valence-corrected chi connectivity index (χ4v) is 5.04. The minimum Gasteiger partial charge on any atom is -0.370 e. The number of hydrogen-bond donors (Lipinski definition) is 4. The molecule has 0 aliphatic rings. The Kier molecular flexibility index (Phi) is 15.7. The third-order valence-corrected chi connectivity index (χ3v) is 7.25. The molecule has 2 rings (SSSR count). The number of Topliss-reactive ketones (excluding diaryl/α,β-unsaturated/α-hetero) is 1. The van der Waals surface area contributed by atoms with Gasteiger partial charge in [0.05, 0.1) is 12.5 Å². The van der Waals surface area contributed by atoms with E-state index in [1.165, 1.54) is 0 Å². The highest BCUT2D eigenvalue weighted by Crippen LogP contribution is 2.18. The fraction of sp³-hybridized carbons (Fsp3) is 0.485. The van der Waals surface area contributed by atoms with Gasteiger partial charge in [0, 0.05) is 17.9 Å². The number of carbonyl (C=O) groups is 5. The van der Waals surface area contributed by atoms with E-state index in [2.05, 4.69) is 29.4 Å². The summed E-state index contributed by atoms with van der Waals surface area (Å²) < 4.78 is 0. The largest absolute Gasteiger partial charge is 0.370 e. The Balaban J connectivity index is 2.23. The Hall–Kier alpha value is -4.05. The number of nitrogens with zero attached hydrogens (tertiary/aromatic N) is 1. The number of primary amides is 2. The maximum absolute atomic E-state index is 13.8. The Morgan fingerprint density at radius 2 is 1.35 bits per heavy atom. The minimum atomic E-state index is -1.27. The molecule has 0 heterocycles. The highest BCUT2D eigenvalue weighted by molar-refractivity contribution is 5.99. The molecule has 0 aromatic heterocycles. The van der Waals surface area contributed by atoms with Gasteiger partial charge in [-0.1, -0.05) is 68.8 Å². The Morgan fingerprint density at radius 1 is 0.744 bits per heavy atom. The highest BCUT2D eigenvalue weighted by atomic mass is 16.2. The van der Waals surface area contributed by atoms with Crippen LogP contribution in [0.25, 0.3) is 0 Å². The third-order valence-electron chi connectivity index (χ3n) is 7.25. The molecule has 0 aliphatic heterocycles. The fourth-order valence-electron chi connectivity index (χ4n) is 5.04. The van der Waals surface area contributed by atoms with Gasteiger partial charge in [0.15, 0.2) is 5.78 Å². The number of hydrogen-bond acceptors (Lipinski definition) is 6. The molecule has 0 saturated carbocycles. The lowest BCUT2D eigenvalue weighted by molar-refractivity contribution is -0.133. The molecule has 234 valence electrons. The number of rotatable bonds is 21. The second-order valence-electron chi connectivity index (χ2n) is 10.9. The van der Waals surface area contributed by atoms with Gasteiger partial charge < -0.3 is 27.0 Å². The number of unbranched alkanes of at least 4 members (excludes halogenated alkanes) is 1. The second kappa shape index (κ2) is 19.2. The van der Waals surface area contributed by atoms with E-state index in [0.717, 1.165) is 44.5 Å². The quantitative estimate of drug-likeness (QED) is 0.163. The summed E-state index contributed by atoms with van der Waals surface area (Å²) in [6.07, 6.45) is 3.64. The molecule has 4 amide bonds. The number of benzene rings is 2. The normalized spacial score (nSPS) is 13.1. The van der Waals surface area contributed by atoms with Gasteiger partial charge in [-0.05, 0) is 69.4 Å². The zero-order valence-corrected chi connectivity index (χ0v) is 25.4. The van der Waals surface area contributed by atoms with E-state index in [9.17, 15) is 24.0 Å². The molecule has 2 aromatic rings. The molecule has 3 atom stereocenters. The van der Waals surface area contributed by atoms with Crippen LogP contribution in [0, 0.1) is 5.92 Å². The average molecular weight is 594 g/mol. The van der Waals surface area contributed by atoms with Crippen molar-refractivity contribution in [2.75, 3.05) is 19.6 Å². The van der Waals surface area contributed by atoms with Gasteiger partial charge in [0.1, 0.15) is 6.04 Å². The molecular formula is C33H47N5O5. The van der Waals surface area contributed by atoms with Gasteiger partial charge in [-0.15, -0.1) is 0 Å². The Bertz CT molecular complexity index is 1170. The standard InChI is InChI=1S/C33H47N5O5/c1-3-18-38(19-4-2)20-12-11-17-26(33(43)37-28(31(35)41)23-30(34)40)22-29(39)27(21-24-13-7-5-8-14-24)36-32(42)25-15-9-6-10-16-25/h5-10,13-16,26-28H,3-4,11-12,17-23H2,1-2H3,(H2,34,40)(H2,35,41)(H,36,42)(H,37,43)/t26-,27+,28+/m1/s1. The molecule has 0 bridgehead atoms. The van der Waals surface area contributed by atoms with Crippen LogP contribution in [0.15, 0.2) is 60.7 Å². The van der Waals surface area contributed by atoms with Gasteiger partial charge in [-0.25, -0.2) is 0 Å². The average Bonchev–Trinajstić information content (AvgIpc) is 2.98. The SMILES string of the molecule is CCCN(CCC)CCCC[C@H](CC(=O)[C@H](Cc1ccccc1)NC(=O)c1ccccc1)C(=O)N[C@@H](CC(N)=O)C(N)=O. The number of ketones is 1. The summed E-state index contributed by atoms with van der Waals surface area (Å²) in [5, 5.41) is 5.39. The summed E-state index contributed by atoms with van der Waals surface area (Å²) in [5.41, 5.74) is 11.9. The van der Waals surface area contributed by atoms with E-state index in [1.807, 2.05) is 30.3 Å². The van der Waals surface area contributed by atoms with Gasteiger partial charge >= 0.3 is 0 Å². The number of amides is 4. The first kappa shape index (κ1) is 35.1. The van der Waals surface area contributed by atoms with Crippen LogP contribution in [0.5, 0.6) is 0 Å². The number of nitrogens with one attached hydrogen (secondary N) is 2. The first-order valence-electron chi connectivity index (χ1n) is 15.2. The first-order chi connectivity index (χ1) is 20.6. The van der Waals surface area contributed by atoms with Gasteiger partial charge in [0.2, 0.25) is 17.7 Å². The molecule has 43 heavy (non-hydrogen) atoms. The molecule has 0 fully saturated rings. The van der Waals surface area contributed by atoms with Crippen molar-refractivity contribution >= 4 is 29.4 Å². The number of carbonyl (C=O) groups excluding carboxylic acids is 5. The lowest BCUT2D eigenvalue weighted by atomic mass is 9.90. The van der Waals surface area contributed by atoms with Gasteiger partial charge in [-0.2, -0.15) is 0 Å². The summed E-state index contributed by atoms with van der Waals surface area (Å²) in [4.78, 5) is 66.0. The van der Waals surface area contributed by atoms with Crippen LogP contribution < -0.4 is 22.1 Å². The van der Waals surface area contributed by atoms with Crippen molar-refractivity contribution in [3.05, 3.63) is 71.8 Å². The third kappa shape index (κ3) is 13.2. The lowest BCUT2D eigenvalue weighted by Crippen LogP contribution is -2.49. The van der Waals surface area contributed by atoms with Crippen molar-refractivity contribution in [3.8, 4) is 0 Å². The van der Waals surface area contributed by atoms with Crippen LogP contribution in [-0.2, 0) is 25.6 Å². The van der Waals surface area contributed by atoms with Crippen LogP contribution in [-0.4, -0.2) is 66.0 Å². The monoisotopic (exact) mass is 593 g/mol. The number of nitrogens with two attached hydrogens (primary N) is 2. The van der Waals surface area contributed by atoms with E-state index in [4.69, 9.17) is 11.5 Å². The van der Waals surface area contributed by atoms with Crippen LogP contribution in [0.3, 0.4) is 0 Å². The van der Waals surface area contributed by atoms with Gasteiger partial charge in [0.25, 0.3) is 5.91 Å². The van der Waals surface area contributed by atoms with E-state index >= 15 is 0 Å². The molecule has 10 nitrogen and oxygen atoms in total. The van der Waals surface area contributed by atoms with E-state index < -0.39 is 48.1 Å². The topological polar surface area (TPSA) is 165 Å². The smallest absolute Gasteiger partial charge is 0.251 e. The zero-order chi connectivity index (χ0) is 31.6. The van der Waals surface area contributed by atoms with Crippen molar-refractivity contribution in [1.29, 1.82) is 0 Å². The molecule has 0 unspecified atom stereocenters. The molecule has 0 aliphatic carbocycles. The van der Waals surface area contributed by atoms with Crippen LogP contribution >= 0.6 is 0 Å². The zero-order valence-electron chi connectivity index (χ0n) is 25.4. The maximum Gasteiger partial charge on any atom is 0.251 e. The first-order valence-corrected chi connectivity index (χ1v) is 15.2. The van der Waals surface area contributed by atoms with E-state index in [0.29, 0.717) is 18.4 Å². The van der Waals surface area contributed by atoms with Crippen LogP contribution in [0.4, 0.5) is 0 Å². The van der Waals surface area contributed by atoms with Crippen LogP contribution in [0.2, 0.25) is 0 Å². The van der Waals surface area contributed by atoms with Crippen molar-refractivity contribution in [2.45, 2.75) is 77.3 Å². The molecule has 0 spiro atoms. The maximum atomic E-state index is 13.8. The highest BCUT2D eigenvalue weighted by Gasteiger charge is 2.30. The lowest BCUT2D eigenvalue weighted by Gasteiger charge is -2.24. The van der Waals surface area contributed by atoms with Crippen molar-refractivity contribution in [3.63, 3.8) is 0 Å². The van der Waals surface area contributed by atoms with Crippen molar-refractivity contribution in [1.82, 2.24) is 15.5 Å². The summed E-state index contributed by atoms with van der Waals surface area (Å²) in [7, 11) is 0. The predicted octanol–water partition coefficient (Wildman–Crippen LogP) is 2.74. The predicted molar refractivity (Wildman–Crippen MR) is 167 cm³/mol. The van der Waals surface area contributed by atoms with Gasteiger partial charge in [-0.3, -0.25) is 24.0 Å². The summed E-state index contributed by atoms with van der Waals surface area (Å²) in [6, 6.07) is 15.8. The molecular weight excluding hydrogens is 546 g/mol. The molecule has 2 aromatic carbocycles. The summed E-state index contributed by atoms with van der Waals surface area (Å²) >= 11 is 0.